The summed E-state index contributed by atoms with van der Waals surface area (Å²) in [6, 6.07) is 8.12. The minimum Gasteiger partial charge on any atom is -0.406 e. The first-order valence-electron chi connectivity index (χ1n) is 8.05. The van der Waals surface area contributed by atoms with Gasteiger partial charge in [-0.15, -0.1) is 13.2 Å². The summed E-state index contributed by atoms with van der Waals surface area (Å²) in [5, 5.41) is 8.19. The number of pyridine rings is 1. The van der Waals surface area contributed by atoms with Crippen LogP contribution in [0.2, 0.25) is 0 Å². The van der Waals surface area contributed by atoms with Crippen molar-refractivity contribution in [1.29, 1.82) is 0 Å². The number of aromatic nitrogens is 3. The molecule has 1 atom stereocenters. The molecule has 0 aliphatic heterocycles. The maximum atomic E-state index is 14.3. The van der Waals surface area contributed by atoms with Gasteiger partial charge in [-0.3, -0.25) is 14.6 Å². The van der Waals surface area contributed by atoms with Crippen molar-refractivity contribution in [3.8, 4) is 5.75 Å². The third-order valence-electron chi connectivity index (χ3n) is 3.69. The Labute approximate surface area is 160 Å². The molecule has 0 saturated carbocycles. The first-order chi connectivity index (χ1) is 13.7. The summed E-state index contributed by atoms with van der Waals surface area (Å²) in [6.45, 7) is 0. The van der Waals surface area contributed by atoms with Crippen LogP contribution in [-0.2, 0) is 0 Å². The first-order valence-corrected chi connectivity index (χ1v) is 8.05. The second kappa shape index (κ2) is 8.09. The molecule has 29 heavy (non-hydrogen) atoms. The van der Waals surface area contributed by atoms with Crippen LogP contribution >= 0.6 is 0 Å². The minimum atomic E-state index is -4.86. The van der Waals surface area contributed by atoms with Crippen LogP contribution in [0.1, 0.15) is 27.8 Å². The molecule has 0 aliphatic rings. The van der Waals surface area contributed by atoms with Crippen LogP contribution in [0.5, 0.6) is 5.75 Å². The highest BCUT2D eigenvalue weighted by molar-refractivity contribution is 5.92. The van der Waals surface area contributed by atoms with Crippen molar-refractivity contribution < 1.29 is 27.1 Å². The second-order valence-corrected chi connectivity index (χ2v) is 5.70. The molecule has 11 heteroatoms. The van der Waals surface area contributed by atoms with Crippen LogP contribution < -0.4 is 15.6 Å². The van der Waals surface area contributed by atoms with Gasteiger partial charge in [0.05, 0.1) is 6.04 Å². The number of aromatic amines is 1. The smallest absolute Gasteiger partial charge is 0.406 e. The lowest BCUT2D eigenvalue weighted by Gasteiger charge is -2.19. The molecule has 1 amide bonds. The zero-order chi connectivity index (χ0) is 21.0. The SMILES string of the molecule is O=C(NC(c1ccc(OC(F)(F)F)cc1)c1ncccc1F)c1ccc(=O)[nH]n1. The number of halogens is 4. The van der Waals surface area contributed by atoms with E-state index >= 15 is 0 Å². The lowest BCUT2D eigenvalue weighted by molar-refractivity contribution is -0.274. The molecule has 1 aromatic carbocycles. The van der Waals surface area contributed by atoms with Crippen molar-refractivity contribution >= 4 is 5.91 Å². The standard InChI is InChI=1S/C18H12F4N4O3/c19-12-2-1-9-23-16(12)15(24-17(28)13-7-8-14(27)26-25-13)10-3-5-11(6-4-10)29-18(20,21)22/h1-9,15H,(H,24,28)(H,26,27). The van der Waals surface area contributed by atoms with Crippen molar-refractivity contribution in [2.75, 3.05) is 0 Å². The van der Waals surface area contributed by atoms with E-state index in [2.05, 4.69) is 25.2 Å². The van der Waals surface area contributed by atoms with Crippen LogP contribution in [0.15, 0.2) is 59.5 Å². The van der Waals surface area contributed by atoms with E-state index in [1.807, 2.05) is 0 Å². The summed E-state index contributed by atoms with van der Waals surface area (Å²) in [5.41, 5.74) is -0.582. The molecule has 0 radical (unpaired) electrons. The van der Waals surface area contributed by atoms with E-state index in [1.54, 1.807) is 0 Å². The quantitative estimate of drug-likeness (QED) is 0.633. The summed E-state index contributed by atoms with van der Waals surface area (Å²) in [4.78, 5) is 27.5. The number of ether oxygens (including phenoxy) is 1. The number of rotatable bonds is 5. The van der Waals surface area contributed by atoms with Gasteiger partial charge in [0.15, 0.2) is 0 Å². The van der Waals surface area contributed by atoms with Gasteiger partial charge in [0, 0.05) is 12.3 Å². The number of alkyl halides is 3. The molecule has 0 bridgehead atoms. The van der Waals surface area contributed by atoms with Crippen molar-refractivity contribution in [2.24, 2.45) is 0 Å². The lowest BCUT2D eigenvalue weighted by atomic mass is 10.0. The van der Waals surface area contributed by atoms with Gasteiger partial charge in [-0.2, -0.15) is 5.10 Å². The molecule has 0 aliphatic carbocycles. The van der Waals surface area contributed by atoms with Gasteiger partial charge in [-0.25, -0.2) is 9.49 Å². The fourth-order valence-corrected chi connectivity index (χ4v) is 2.46. The van der Waals surface area contributed by atoms with E-state index in [0.29, 0.717) is 0 Å². The largest absolute Gasteiger partial charge is 0.573 e. The number of nitrogens with one attached hydrogen (secondary N) is 2. The highest BCUT2D eigenvalue weighted by atomic mass is 19.4. The van der Waals surface area contributed by atoms with Crippen LogP contribution in [0, 0.1) is 5.82 Å². The summed E-state index contributed by atoms with van der Waals surface area (Å²) >= 11 is 0. The zero-order valence-electron chi connectivity index (χ0n) is 14.4. The van der Waals surface area contributed by atoms with E-state index < -0.39 is 35.4 Å². The molecule has 7 nitrogen and oxygen atoms in total. The molecular formula is C18H12F4N4O3. The van der Waals surface area contributed by atoms with Gasteiger partial charge in [0.25, 0.3) is 11.5 Å². The molecule has 3 rings (SSSR count). The predicted octanol–water partition coefficient (Wildman–Crippen LogP) is 2.72. The average Bonchev–Trinajstić information content (AvgIpc) is 2.67. The minimum absolute atomic E-state index is 0.150. The van der Waals surface area contributed by atoms with Gasteiger partial charge >= 0.3 is 6.36 Å². The van der Waals surface area contributed by atoms with Gasteiger partial charge in [0.2, 0.25) is 0 Å². The number of hydrogen-bond donors (Lipinski definition) is 2. The zero-order valence-corrected chi connectivity index (χ0v) is 14.4. The van der Waals surface area contributed by atoms with Crippen molar-refractivity contribution in [1.82, 2.24) is 20.5 Å². The molecule has 2 N–H and O–H groups in total. The highest BCUT2D eigenvalue weighted by Crippen LogP contribution is 2.27. The Bertz CT molecular complexity index is 1050. The molecule has 0 spiro atoms. The Morgan fingerprint density at radius 3 is 2.41 bits per heavy atom. The van der Waals surface area contributed by atoms with Crippen LogP contribution in [0.3, 0.4) is 0 Å². The van der Waals surface area contributed by atoms with Gasteiger partial charge in [-0.05, 0) is 35.9 Å². The molecule has 0 fully saturated rings. The fourth-order valence-electron chi connectivity index (χ4n) is 2.46. The molecule has 2 aromatic heterocycles. The Balaban J connectivity index is 1.93. The number of nitrogens with zero attached hydrogens (tertiary/aromatic N) is 2. The molecule has 0 saturated heterocycles. The number of carbonyl (C=O) groups excluding carboxylic acids is 1. The second-order valence-electron chi connectivity index (χ2n) is 5.70. The Kier molecular flexibility index (Phi) is 5.57. The number of hydrogen-bond acceptors (Lipinski definition) is 5. The van der Waals surface area contributed by atoms with Crippen LogP contribution in [0.4, 0.5) is 17.6 Å². The Morgan fingerprint density at radius 1 is 1.10 bits per heavy atom. The third-order valence-corrected chi connectivity index (χ3v) is 3.69. The lowest BCUT2D eigenvalue weighted by Crippen LogP contribution is -2.32. The van der Waals surface area contributed by atoms with E-state index in [-0.39, 0.29) is 17.0 Å². The van der Waals surface area contributed by atoms with E-state index in [9.17, 15) is 27.2 Å². The molecular weight excluding hydrogens is 396 g/mol. The normalized spacial score (nSPS) is 12.3. The van der Waals surface area contributed by atoms with Gasteiger partial charge in [-0.1, -0.05) is 12.1 Å². The summed E-state index contributed by atoms with van der Waals surface area (Å²) in [6.07, 6.45) is -3.56. The average molecular weight is 408 g/mol. The number of amides is 1. The Morgan fingerprint density at radius 2 is 1.83 bits per heavy atom. The van der Waals surface area contributed by atoms with E-state index in [0.717, 1.165) is 24.3 Å². The number of H-pyrrole nitrogens is 1. The molecule has 1 unspecified atom stereocenters. The fraction of sp³-hybridized carbons (Fsp3) is 0.111. The van der Waals surface area contributed by atoms with E-state index in [1.165, 1.54) is 30.5 Å². The number of benzene rings is 1. The summed E-state index contributed by atoms with van der Waals surface area (Å²) < 4.78 is 55.1. The predicted molar refractivity (Wildman–Crippen MR) is 91.5 cm³/mol. The van der Waals surface area contributed by atoms with Crippen molar-refractivity contribution in [3.05, 3.63) is 87.9 Å². The Hall–Kier alpha value is -3.76. The molecule has 150 valence electrons. The maximum Gasteiger partial charge on any atom is 0.573 e. The molecule has 3 aromatic rings. The van der Waals surface area contributed by atoms with Gasteiger partial charge in [0.1, 0.15) is 23.0 Å². The molecule has 2 heterocycles. The van der Waals surface area contributed by atoms with Gasteiger partial charge < -0.3 is 10.1 Å². The van der Waals surface area contributed by atoms with E-state index in [4.69, 9.17) is 0 Å². The highest BCUT2D eigenvalue weighted by Gasteiger charge is 2.31. The van der Waals surface area contributed by atoms with Crippen LogP contribution in [-0.4, -0.2) is 27.5 Å². The summed E-state index contributed by atoms with van der Waals surface area (Å²) in [5.74, 6) is -1.97. The third kappa shape index (κ3) is 5.15. The maximum absolute atomic E-state index is 14.3. The van der Waals surface area contributed by atoms with Crippen molar-refractivity contribution in [2.45, 2.75) is 12.4 Å². The first kappa shape index (κ1) is 20.0. The topological polar surface area (TPSA) is 97.0 Å². The number of carbonyl (C=O) groups is 1. The van der Waals surface area contributed by atoms with Crippen molar-refractivity contribution in [3.63, 3.8) is 0 Å². The monoisotopic (exact) mass is 408 g/mol. The summed E-state index contributed by atoms with van der Waals surface area (Å²) in [7, 11) is 0. The van der Waals surface area contributed by atoms with Crippen LogP contribution in [0.25, 0.3) is 0 Å².